The van der Waals surface area contributed by atoms with Gasteiger partial charge in [0, 0.05) is 5.39 Å². The van der Waals surface area contributed by atoms with Gasteiger partial charge in [-0.1, -0.05) is 50.8 Å². The number of esters is 1. The summed E-state index contributed by atoms with van der Waals surface area (Å²) in [5.41, 5.74) is 0.193. The Hall–Kier alpha value is -2.89. The molecular formula is C25H24F4O2. The first-order valence-corrected chi connectivity index (χ1v) is 10.4. The normalized spacial score (nSPS) is 11.6. The molecule has 3 rings (SSSR count). The Morgan fingerprint density at radius 1 is 0.903 bits per heavy atom. The van der Waals surface area contributed by atoms with E-state index >= 15 is 0 Å². The van der Waals surface area contributed by atoms with Crippen LogP contribution in [0.3, 0.4) is 0 Å². The number of rotatable bonds is 8. The maximum Gasteiger partial charge on any atom is 0.419 e. The van der Waals surface area contributed by atoms with E-state index in [0.717, 1.165) is 24.5 Å². The number of alkyl halides is 3. The van der Waals surface area contributed by atoms with Gasteiger partial charge in [0.25, 0.3) is 0 Å². The Bertz CT molecular complexity index is 1040. The number of ether oxygens (including phenoxy) is 1. The summed E-state index contributed by atoms with van der Waals surface area (Å²) in [5.74, 6) is -1.79. The van der Waals surface area contributed by atoms with Gasteiger partial charge in [0.2, 0.25) is 0 Å². The number of halogens is 4. The van der Waals surface area contributed by atoms with E-state index < -0.39 is 23.5 Å². The fraction of sp³-hybridized carbons (Fsp3) is 0.320. The zero-order valence-electron chi connectivity index (χ0n) is 17.3. The van der Waals surface area contributed by atoms with Crippen LogP contribution in [0.25, 0.3) is 10.8 Å². The van der Waals surface area contributed by atoms with Gasteiger partial charge in [-0.3, -0.25) is 0 Å². The molecule has 0 radical (unpaired) electrons. The molecule has 0 fully saturated rings. The number of carbonyl (C=O) groups excluding carboxylic acids is 1. The van der Waals surface area contributed by atoms with E-state index in [9.17, 15) is 22.4 Å². The van der Waals surface area contributed by atoms with Gasteiger partial charge in [0.05, 0.1) is 11.1 Å². The molecule has 0 saturated carbocycles. The van der Waals surface area contributed by atoms with Gasteiger partial charge in [-0.25, -0.2) is 9.18 Å². The van der Waals surface area contributed by atoms with Crippen molar-refractivity contribution in [3.8, 4) is 5.75 Å². The number of benzene rings is 3. The summed E-state index contributed by atoms with van der Waals surface area (Å²) in [7, 11) is 0. The molecule has 6 heteroatoms. The SMILES string of the molecule is CCCCCCCc1ccc(C(=O)Oc2ccc3c(F)c(C(F)(F)F)ccc3c2)cc1. The lowest BCUT2D eigenvalue weighted by Gasteiger charge is -2.11. The highest BCUT2D eigenvalue weighted by atomic mass is 19.4. The Morgan fingerprint density at radius 3 is 2.29 bits per heavy atom. The number of hydrogen-bond acceptors (Lipinski definition) is 2. The van der Waals surface area contributed by atoms with Crippen molar-refractivity contribution in [2.75, 3.05) is 0 Å². The van der Waals surface area contributed by atoms with Crippen molar-refractivity contribution in [1.82, 2.24) is 0 Å². The van der Waals surface area contributed by atoms with E-state index in [-0.39, 0.29) is 16.5 Å². The number of aryl methyl sites for hydroxylation is 1. The van der Waals surface area contributed by atoms with Crippen molar-refractivity contribution >= 4 is 16.7 Å². The monoisotopic (exact) mass is 432 g/mol. The Morgan fingerprint density at radius 2 is 1.61 bits per heavy atom. The lowest BCUT2D eigenvalue weighted by molar-refractivity contribution is -0.139. The summed E-state index contributed by atoms with van der Waals surface area (Å²) < 4.78 is 58.1. The quantitative estimate of drug-likeness (QED) is 0.158. The van der Waals surface area contributed by atoms with E-state index in [0.29, 0.717) is 11.6 Å². The van der Waals surface area contributed by atoms with Crippen LogP contribution in [0.4, 0.5) is 17.6 Å². The summed E-state index contributed by atoms with van der Waals surface area (Å²) in [5, 5.41) is 0.0344. The molecule has 0 aliphatic carbocycles. The predicted molar refractivity (Wildman–Crippen MR) is 113 cm³/mol. The molecule has 0 unspecified atom stereocenters. The molecule has 0 heterocycles. The first-order valence-electron chi connectivity index (χ1n) is 10.4. The third-order valence-corrected chi connectivity index (χ3v) is 5.20. The molecule has 3 aromatic carbocycles. The van der Waals surface area contributed by atoms with Crippen molar-refractivity contribution in [3.05, 3.63) is 77.1 Å². The Labute approximate surface area is 178 Å². The molecule has 0 bridgehead atoms. The first kappa shape index (κ1) is 22.8. The van der Waals surface area contributed by atoms with Gasteiger partial charge in [0.15, 0.2) is 0 Å². The van der Waals surface area contributed by atoms with Crippen molar-refractivity contribution in [2.45, 2.75) is 51.6 Å². The van der Waals surface area contributed by atoms with Crippen LogP contribution in [0.2, 0.25) is 0 Å². The van der Waals surface area contributed by atoms with Crippen LogP contribution in [-0.4, -0.2) is 5.97 Å². The minimum Gasteiger partial charge on any atom is -0.423 e. The standard InChI is InChI=1S/C25H24F4O2/c1-2-3-4-5-6-7-17-8-10-18(11-9-17)24(30)31-20-13-14-21-19(16-20)12-15-22(23(21)26)25(27,28)29/h8-16H,2-7H2,1H3. The molecular weight excluding hydrogens is 408 g/mol. The highest BCUT2D eigenvalue weighted by molar-refractivity contribution is 5.92. The molecule has 3 aromatic rings. The van der Waals surface area contributed by atoms with E-state index in [1.54, 1.807) is 12.1 Å². The number of hydrogen-bond donors (Lipinski definition) is 0. The van der Waals surface area contributed by atoms with Crippen LogP contribution in [-0.2, 0) is 12.6 Å². The van der Waals surface area contributed by atoms with Gasteiger partial charge in [-0.2, -0.15) is 13.2 Å². The lowest BCUT2D eigenvalue weighted by Crippen LogP contribution is -2.09. The minimum absolute atomic E-state index is 0.136. The first-order chi connectivity index (χ1) is 14.8. The van der Waals surface area contributed by atoms with E-state index in [1.807, 2.05) is 12.1 Å². The number of fused-ring (bicyclic) bond motifs is 1. The van der Waals surface area contributed by atoms with Gasteiger partial charge in [-0.05, 0) is 60.2 Å². The van der Waals surface area contributed by atoms with Crippen LogP contribution in [0.1, 0.15) is 60.5 Å². The number of unbranched alkanes of at least 4 members (excludes halogenated alkanes) is 4. The summed E-state index contributed by atoms with van der Waals surface area (Å²) >= 11 is 0. The van der Waals surface area contributed by atoms with Crippen LogP contribution in [0, 0.1) is 5.82 Å². The molecule has 31 heavy (non-hydrogen) atoms. The van der Waals surface area contributed by atoms with Crippen molar-refractivity contribution < 1.29 is 27.1 Å². The van der Waals surface area contributed by atoms with Crippen molar-refractivity contribution in [2.24, 2.45) is 0 Å². The molecule has 0 aliphatic heterocycles. The lowest BCUT2D eigenvalue weighted by atomic mass is 10.0. The molecule has 0 amide bonds. The maximum absolute atomic E-state index is 14.2. The van der Waals surface area contributed by atoms with E-state index in [1.165, 1.54) is 43.9 Å². The zero-order chi connectivity index (χ0) is 22.4. The largest absolute Gasteiger partial charge is 0.423 e. The fourth-order valence-electron chi connectivity index (χ4n) is 3.46. The molecule has 0 aromatic heterocycles. The highest BCUT2D eigenvalue weighted by Gasteiger charge is 2.34. The fourth-order valence-corrected chi connectivity index (χ4v) is 3.46. The third kappa shape index (κ3) is 5.84. The average molecular weight is 432 g/mol. The Kier molecular flexibility index (Phi) is 7.31. The summed E-state index contributed by atoms with van der Waals surface area (Å²) in [6, 6.07) is 12.8. The van der Waals surface area contributed by atoms with Crippen LogP contribution in [0.15, 0.2) is 54.6 Å². The van der Waals surface area contributed by atoms with Crippen LogP contribution >= 0.6 is 0 Å². The van der Waals surface area contributed by atoms with Crippen molar-refractivity contribution in [1.29, 1.82) is 0 Å². The van der Waals surface area contributed by atoms with Gasteiger partial charge >= 0.3 is 12.1 Å². The Balaban J connectivity index is 1.66. The zero-order valence-corrected chi connectivity index (χ0v) is 17.3. The van der Waals surface area contributed by atoms with Gasteiger partial charge in [0.1, 0.15) is 11.6 Å². The molecule has 0 aliphatic rings. The van der Waals surface area contributed by atoms with Crippen LogP contribution < -0.4 is 4.74 Å². The van der Waals surface area contributed by atoms with Crippen LogP contribution in [0.5, 0.6) is 5.75 Å². The molecule has 0 spiro atoms. The van der Waals surface area contributed by atoms with Crippen molar-refractivity contribution in [3.63, 3.8) is 0 Å². The second kappa shape index (κ2) is 9.94. The molecule has 0 N–H and O–H groups in total. The molecule has 0 saturated heterocycles. The second-order valence-electron chi connectivity index (χ2n) is 7.56. The predicted octanol–water partition coefficient (Wildman–Crippen LogP) is 7.73. The van der Waals surface area contributed by atoms with E-state index in [2.05, 4.69) is 6.92 Å². The smallest absolute Gasteiger partial charge is 0.419 e. The molecule has 164 valence electrons. The summed E-state index contributed by atoms with van der Waals surface area (Å²) in [6.07, 6.45) is 2.15. The topological polar surface area (TPSA) is 26.3 Å². The highest BCUT2D eigenvalue weighted by Crippen LogP contribution is 2.35. The summed E-state index contributed by atoms with van der Waals surface area (Å²) in [4.78, 5) is 12.4. The van der Waals surface area contributed by atoms with Gasteiger partial charge < -0.3 is 4.74 Å². The molecule has 2 nitrogen and oxygen atoms in total. The van der Waals surface area contributed by atoms with Gasteiger partial charge in [-0.15, -0.1) is 0 Å². The third-order valence-electron chi connectivity index (χ3n) is 5.20. The summed E-state index contributed by atoms with van der Waals surface area (Å²) in [6.45, 7) is 2.18. The molecule has 0 atom stereocenters. The number of carbonyl (C=O) groups is 1. The average Bonchev–Trinajstić information content (AvgIpc) is 2.73. The second-order valence-corrected chi connectivity index (χ2v) is 7.56. The van der Waals surface area contributed by atoms with E-state index in [4.69, 9.17) is 4.74 Å². The minimum atomic E-state index is -4.77. The maximum atomic E-state index is 14.2.